The second-order valence-corrected chi connectivity index (χ2v) is 12.0. The Kier molecular flexibility index (Phi) is 5.95. The molecule has 2 aromatic carbocycles. The van der Waals surface area contributed by atoms with Crippen LogP contribution in [0.4, 0.5) is 14.6 Å². The number of fused-ring (bicyclic) bond motifs is 6. The van der Waals surface area contributed by atoms with Gasteiger partial charge in [-0.15, -0.1) is 6.42 Å². The fourth-order valence-corrected chi connectivity index (χ4v) is 7.57. The van der Waals surface area contributed by atoms with Gasteiger partial charge in [0.1, 0.15) is 35.2 Å². The Bertz CT molecular complexity index is 1760. The number of nitrogens with zero attached hydrogens (tertiary/aromatic N) is 5. The van der Waals surface area contributed by atoms with E-state index < -0.39 is 11.6 Å². The number of anilines is 1. The zero-order valence-corrected chi connectivity index (χ0v) is 23.0. The summed E-state index contributed by atoms with van der Waals surface area (Å²) < 4.78 is 37.6. The minimum absolute atomic E-state index is 0.0197. The zero-order valence-electron chi connectivity index (χ0n) is 23.0. The number of phenolic OH excluding ortho intramolecular Hbond substituents is 1. The summed E-state index contributed by atoms with van der Waals surface area (Å²) in [6, 6.07) is 6.69. The van der Waals surface area contributed by atoms with Crippen LogP contribution in [0.3, 0.4) is 0 Å². The smallest absolute Gasteiger partial charge is 0.319 e. The van der Waals surface area contributed by atoms with E-state index in [2.05, 4.69) is 31.0 Å². The van der Waals surface area contributed by atoms with Gasteiger partial charge in [-0.05, 0) is 68.3 Å². The van der Waals surface area contributed by atoms with Crippen LogP contribution in [0.1, 0.15) is 31.2 Å². The van der Waals surface area contributed by atoms with Crippen LogP contribution in [0.15, 0.2) is 30.5 Å². The normalized spacial score (nSPS) is 26.3. The SMILES string of the molecule is C#Cc1c(F)ccc2cc(O)cc(-c3ncc4c(N5C[C@H]6CC[C@@H](C5)N6)nc(OCC5C6CCN5CC6)nc4c3F)c12. The number of ether oxygens (including phenoxy) is 1. The van der Waals surface area contributed by atoms with Crippen LogP contribution in [0.25, 0.3) is 32.9 Å². The minimum atomic E-state index is -0.706. The summed E-state index contributed by atoms with van der Waals surface area (Å²) >= 11 is 0. The van der Waals surface area contributed by atoms with E-state index >= 15 is 4.39 Å². The van der Waals surface area contributed by atoms with Gasteiger partial charge in [-0.1, -0.05) is 12.0 Å². The first-order valence-corrected chi connectivity index (χ1v) is 14.6. The Balaban J connectivity index is 1.28. The van der Waals surface area contributed by atoms with E-state index in [1.54, 1.807) is 6.20 Å². The summed E-state index contributed by atoms with van der Waals surface area (Å²) in [5.74, 6) is 2.16. The second-order valence-electron chi connectivity index (χ2n) is 12.0. The van der Waals surface area contributed by atoms with E-state index in [4.69, 9.17) is 16.1 Å². The van der Waals surface area contributed by atoms with E-state index in [-0.39, 0.29) is 34.1 Å². The number of nitrogens with one attached hydrogen (secondary N) is 1. The van der Waals surface area contributed by atoms with Gasteiger partial charge in [0.2, 0.25) is 0 Å². The lowest BCUT2D eigenvalue weighted by Gasteiger charge is -2.34. The number of aromatic hydroxyl groups is 1. The third kappa shape index (κ3) is 4.06. The predicted octanol–water partition coefficient (Wildman–Crippen LogP) is 4.22. The molecule has 10 heteroatoms. The maximum atomic E-state index is 16.6. The van der Waals surface area contributed by atoms with Crippen molar-refractivity contribution in [2.45, 2.75) is 43.8 Å². The average Bonchev–Trinajstić information content (AvgIpc) is 3.68. The van der Waals surface area contributed by atoms with E-state index in [1.165, 1.54) is 37.1 Å². The fourth-order valence-electron chi connectivity index (χ4n) is 7.57. The summed E-state index contributed by atoms with van der Waals surface area (Å²) in [4.78, 5) is 18.5. The lowest BCUT2D eigenvalue weighted by atomic mass is 9.96. The van der Waals surface area contributed by atoms with Crippen molar-refractivity contribution < 1.29 is 18.6 Å². The molecule has 214 valence electrons. The largest absolute Gasteiger partial charge is 0.508 e. The van der Waals surface area contributed by atoms with Gasteiger partial charge in [0.15, 0.2) is 5.82 Å². The molecule has 2 N–H and O–H groups in total. The van der Waals surface area contributed by atoms with Crippen LogP contribution < -0.4 is 15.0 Å². The lowest BCUT2D eigenvalue weighted by molar-refractivity contribution is 0.186. The van der Waals surface area contributed by atoms with Gasteiger partial charge in [-0.2, -0.15) is 9.97 Å². The summed E-state index contributed by atoms with van der Waals surface area (Å²) in [5.41, 5.74) is 0.154. The zero-order chi connectivity index (χ0) is 28.5. The molecular weight excluding hydrogens is 538 g/mol. The number of hydrogen-bond acceptors (Lipinski definition) is 8. The Hall–Kier alpha value is -4.07. The molecule has 0 radical (unpaired) electrons. The van der Waals surface area contributed by atoms with Gasteiger partial charge >= 0.3 is 6.01 Å². The van der Waals surface area contributed by atoms with Gasteiger partial charge < -0.3 is 20.1 Å². The van der Waals surface area contributed by atoms with E-state index in [9.17, 15) is 9.50 Å². The first-order valence-electron chi connectivity index (χ1n) is 14.6. The molecule has 2 aromatic heterocycles. The molecule has 4 aliphatic heterocycles. The average molecular weight is 569 g/mol. The van der Waals surface area contributed by atoms with Gasteiger partial charge in [0.05, 0.1) is 10.9 Å². The second kappa shape index (κ2) is 9.75. The van der Waals surface area contributed by atoms with Crippen molar-refractivity contribution in [3.05, 3.63) is 47.7 Å². The molecule has 0 aliphatic carbocycles. The first kappa shape index (κ1) is 25.6. The molecule has 4 bridgehead atoms. The molecule has 4 saturated heterocycles. The molecule has 4 aromatic rings. The molecule has 1 unspecified atom stereocenters. The molecule has 6 heterocycles. The van der Waals surface area contributed by atoms with Crippen LogP contribution in [0.5, 0.6) is 11.8 Å². The Morgan fingerprint density at radius 1 is 1.07 bits per heavy atom. The van der Waals surface area contributed by atoms with Crippen molar-refractivity contribution in [1.29, 1.82) is 0 Å². The number of phenols is 1. The molecule has 8 nitrogen and oxygen atoms in total. The molecule has 3 atom stereocenters. The van der Waals surface area contributed by atoms with E-state index in [0.717, 1.165) is 39.0 Å². The van der Waals surface area contributed by atoms with Gasteiger partial charge in [0, 0.05) is 48.4 Å². The Labute approximate surface area is 241 Å². The number of aromatic nitrogens is 3. The van der Waals surface area contributed by atoms with Crippen molar-refractivity contribution in [3.63, 3.8) is 0 Å². The van der Waals surface area contributed by atoms with Crippen LogP contribution in [0, 0.1) is 29.9 Å². The molecule has 42 heavy (non-hydrogen) atoms. The van der Waals surface area contributed by atoms with Gasteiger partial charge in [-0.3, -0.25) is 9.88 Å². The number of rotatable bonds is 5. The summed E-state index contributed by atoms with van der Waals surface area (Å²) in [7, 11) is 0. The highest BCUT2D eigenvalue weighted by molar-refractivity contribution is 6.03. The third-order valence-corrected chi connectivity index (χ3v) is 9.58. The van der Waals surface area contributed by atoms with E-state index in [1.807, 2.05) is 0 Å². The summed E-state index contributed by atoms with van der Waals surface area (Å²) in [5, 5.41) is 15.4. The lowest BCUT2D eigenvalue weighted by Crippen LogP contribution is -2.51. The molecule has 0 saturated carbocycles. The van der Waals surface area contributed by atoms with Crippen LogP contribution in [-0.2, 0) is 0 Å². The molecule has 0 amide bonds. The predicted molar refractivity (Wildman–Crippen MR) is 156 cm³/mol. The van der Waals surface area contributed by atoms with Crippen LogP contribution >= 0.6 is 0 Å². The summed E-state index contributed by atoms with van der Waals surface area (Å²) in [6.07, 6.45) is 11.7. The number of terminal acetylenes is 1. The van der Waals surface area contributed by atoms with Crippen LogP contribution in [-0.4, -0.2) is 75.9 Å². The maximum absolute atomic E-state index is 16.6. The molecule has 4 fully saturated rings. The monoisotopic (exact) mass is 568 g/mol. The number of pyridine rings is 1. The molecule has 0 spiro atoms. The Morgan fingerprint density at radius 3 is 2.57 bits per heavy atom. The maximum Gasteiger partial charge on any atom is 0.319 e. The van der Waals surface area contributed by atoms with Crippen molar-refractivity contribution in [1.82, 2.24) is 25.2 Å². The quantitative estimate of drug-likeness (QED) is 0.346. The number of benzene rings is 2. The third-order valence-electron chi connectivity index (χ3n) is 9.58. The summed E-state index contributed by atoms with van der Waals surface area (Å²) in [6.45, 7) is 4.09. The number of hydrogen-bond donors (Lipinski definition) is 2. The fraction of sp³-hybridized carbons (Fsp3) is 0.406. The number of halogens is 2. The number of piperazine rings is 1. The Morgan fingerprint density at radius 2 is 1.86 bits per heavy atom. The highest BCUT2D eigenvalue weighted by Gasteiger charge is 2.40. The first-order chi connectivity index (χ1) is 20.5. The standard InChI is InChI=1S/C32H30F2N6O2/c1-2-22-25(33)6-3-18-11-21(41)12-23(27(18)22)29-28(34)30-24(13-35-29)31(40-14-19-4-5-20(15-40)36-19)38-32(37-30)42-16-26-17-7-9-39(26)10-8-17/h1,3,6,11-13,17,19-20,26,36,41H,4-5,7-10,14-16H2/t19-,20+,26?. The number of piperidine rings is 1. The van der Waals surface area contributed by atoms with Crippen molar-refractivity contribution in [3.8, 4) is 35.4 Å². The van der Waals surface area contributed by atoms with Crippen molar-refractivity contribution >= 4 is 27.5 Å². The highest BCUT2D eigenvalue weighted by atomic mass is 19.1. The minimum Gasteiger partial charge on any atom is -0.508 e. The van der Waals surface area contributed by atoms with Crippen molar-refractivity contribution in [2.75, 3.05) is 37.7 Å². The highest BCUT2D eigenvalue weighted by Crippen LogP contribution is 2.40. The molecular formula is C32H30F2N6O2. The topological polar surface area (TPSA) is 86.6 Å². The van der Waals surface area contributed by atoms with Crippen molar-refractivity contribution in [2.24, 2.45) is 5.92 Å². The van der Waals surface area contributed by atoms with Crippen LogP contribution in [0.2, 0.25) is 0 Å². The van der Waals surface area contributed by atoms with Gasteiger partial charge in [0.25, 0.3) is 0 Å². The molecule has 8 rings (SSSR count). The van der Waals surface area contributed by atoms with Gasteiger partial charge in [-0.25, -0.2) is 8.78 Å². The van der Waals surface area contributed by atoms with E-state index in [0.29, 0.717) is 52.6 Å². The molecule has 4 aliphatic rings.